The third kappa shape index (κ3) is 5.01. The quantitative estimate of drug-likeness (QED) is 0.562. The van der Waals surface area contributed by atoms with Crippen LogP contribution < -0.4 is 11.3 Å². The summed E-state index contributed by atoms with van der Waals surface area (Å²) in [6.45, 7) is 3.06. The predicted molar refractivity (Wildman–Crippen MR) is 67.2 cm³/mol. The summed E-state index contributed by atoms with van der Waals surface area (Å²) in [5, 5.41) is 0. The number of anilines is 1. The van der Waals surface area contributed by atoms with Crippen molar-refractivity contribution in [3.63, 3.8) is 0 Å². The molecule has 0 radical (unpaired) electrons. The highest BCUT2D eigenvalue weighted by atomic mass is 16.6. The molecular weight excluding hydrogens is 236 g/mol. The normalized spacial score (nSPS) is 10.3. The molecule has 1 rings (SSSR count). The Hall–Kier alpha value is -1.82. The maximum absolute atomic E-state index is 11.4. The van der Waals surface area contributed by atoms with E-state index in [-0.39, 0.29) is 18.7 Å². The number of hydrogen-bond donors (Lipinski definition) is 1. The van der Waals surface area contributed by atoms with Gasteiger partial charge < -0.3 is 19.8 Å². The largest absolute Gasteiger partial charge is 0.462 e. The highest BCUT2D eigenvalue weighted by Crippen LogP contribution is 1.96. The van der Waals surface area contributed by atoms with Crippen LogP contribution in [0.4, 0.5) is 5.69 Å². The smallest absolute Gasteiger partial charge is 0.326 e. The zero-order valence-electron chi connectivity index (χ0n) is 10.4. The van der Waals surface area contributed by atoms with Gasteiger partial charge in [0.2, 0.25) is 0 Å². The molecule has 0 atom stereocenters. The number of ether oxygens (including phenoxy) is 2. The summed E-state index contributed by atoms with van der Waals surface area (Å²) in [4.78, 5) is 22.8. The molecule has 6 nitrogen and oxygen atoms in total. The average Bonchev–Trinajstić information content (AvgIpc) is 2.33. The lowest BCUT2D eigenvalue weighted by molar-refractivity contribution is -0.145. The fraction of sp³-hybridized carbons (Fsp3) is 0.500. The number of carbonyl (C=O) groups excluding carboxylic acids is 1. The third-order valence-electron chi connectivity index (χ3n) is 2.14. The number of aromatic nitrogens is 1. The Morgan fingerprint density at radius 1 is 1.33 bits per heavy atom. The summed E-state index contributed by atoms with van der Waals surface area (Å²) in [7, 11) is 0. The van der Waals surface area contributed by atoms with Crippen molar-refractivity contribution in [3.8, 4) is 0 Å². The summed E-state index contributed by atoms with van der Waals surface area (Å²) in [6, 6.07) is 2.80. The van der Waals surface area contributed by atoms with Gasteiger partial charge in [0, 0.05) is 24.6 Å². The van der Waals surface area contributed by atoms with Gasteiger partial charge in [-0.05, 0) is 12.5 Å². The Morgan fingerprint density at radius 3 is 2.83 bits per heavy atom. The molecule has 0 aliphatic heterocycles. The van der Waals surface area contributed by atoms with Crippen molar-refractivity contribution in [1.82, 2.24) is 4.57 Å². The fourth-order valence-corrected chi connectivity index (χ4v) is 1.32. The maximum atomic E-state index is 11.4. The second-order valence-electron chi connectivity index (χ2n) is 3.76. The lowest BCUT2D eigenvalue weighted by Crippen LogP contribution is -2.25. The molecule has 18 heavy (non-hydrogen) atoms. The fourth-order valence-electron chi connectivity index (χ4n) is 1.32. The van der Waals surface area contributed by atoms with Gasteiger partial charge in [-0.25, -0.2) is 0 Å². The summed E-state index contributed by atoms with van der Waals surface area (Å²) in [5.74, 6) is -0.484. The molecule has 0 aliphatic rings. The number of nitrogen functional groups attached to an aromatic ring is 1. The second kappa shape index (κ2) is 7.50. The van der Waals surface area contributed by atoms with Crippen LogP contribution >= 0.6 is 0 Å². The molecule has 0 aromatic carbocycles. The van der Waals surface area contributed by atoms with Gasteiger partial charge >= 0.3 is 5.97 Å². The van der Waals surface area contributed by atoms with Crippen LogP contribution in [-0.4, -0.2) is 30.4 Å². The van der Waals surface area contributed by atoms with E-state index >= 15 is 0 Å². The van der Waals surface area contributed by atoms with E-state index < -0.39 is 5.97 Å². The molecule has 0 amide bonds. The molecule has 0 fully saturated rings. The van der Waals surface area contributed by atoms with Crippen LogP contribution in [0.1, 0.15) is 13.3 Å². The molecule has 0 saturated heterocycles. The second-order valence-corrected chi connectivity index (χ2v) is 3.76. The Kier molecular flexibility index (Phi) is 5.93. The Bertz CT molecular complexity index is 442. The van der Waals surface area contributed by atoms with Crippen LogP contribution in [0, 0.1) is 0 Å². The topological polar surface area (TPSA) is 83.6 Å². The van der Waals surface area contributed by atoms with Gasteiger partial charge in [0.05, 0.1) is 6.61 Å². The summed E-state index contributed by atoms with van der Waals surface area (Å²) >= 11 is 0. The molecular formula is C12H18N2O4. The highest BCUT2D eigenvalue weighted by Gasteiger charge is 2.05. The summed E-state index contributed by atoms with van der Waals surface area (Å²) < 4.78 is 11.3. The number of rotatable bonds is 7. The SMILES string of the molecule is CCCOCCOC(=O)Cn1cc(N)ccc1=O. The molecule has 6 heteroatoms. The first-order valence-electron chi connectivity index (χ1n) is 5.83. The number of pyridine rings is 1. The molecule has 0 saturated carbocycles. The van der Waals surface area contributed by atoms with Gasteiger partial charge in [0.25, 0.3) is 5.56 Å². The van der Waals surface area contributed by atoms with Crippen LogP contribution in [0.3, 0.4) is 0 Å². The van der Waals surface area contributed by atoms with Gasteiger partial charge in [-0.3, -0.25) is 9.59 Å². The van der Waals surface area contributed by atoms with Crippen LogP contribution in [-0.2, 0) is 20.8 Å². The van der Waals surface area contributed by atoms with Crippen molar-refractivity contribution in [2.24, 2.45) is 0 Å². The van der Waals surface area contributed by atoms with E-state index in [4.69, 9.17) is 15.2 Å². The minimum atomic E-state index is -0.484. The number of hydrogen-bond acceptors (Lipinski definition) is 5. The monoisotopic (exact) mass is 254 g/mol. The molecule has 0 aliphatic carbocycles. The van der Waals surface area contributed by atoms with Crippen molar-refractivity contribution in [2.45, 2.75) is 19.9 Å². The Labute approximate surface area is 105 Å². The number of carbonyl (C=O) groups is 1. The molecule has 1 heterocycles. The summed E-state index contributed by atoms with van der Waals surface area (Å²) in [5.41, 5.74) is 5.66. The van der Waals surface area contributed by atoms with E-state index in [9.17, 15) is 9.59 Å². The first-order valence-corrected chi connectivity index (χ1v) is 5.83. The van der Waals surface area contributed by atoms with E-state index in [1.54, 1.807) is 0 Å². The van der Waals surface area contributed by atoms with Crippen molar-refractivity contribution < 1.29 is 14.3 Å². The van der Waals surface area contributed by atoms with E-state index in [0.29, 0.717) is 18.9 Å². The van der Waals surface area contributed by atoms with E-state index in [1.165, 1.54) is 22.9 Å². The van der Waals surface area contributed by atoms with Crippen molar-refractivity contribution in [3.05, 3.63) is 28.7 Å². The molecule has 1 aromatic rings. The van der Waals surface area contributed by atoms with Gasteiger partial charge in [-0.2, -0.15) is 0 Å². The van der Waals surface area contributed by atoms with Crippen LogP contribution in [0.2, 0.25) is 0 Å². The Balaban J connectivity index is 2.35. The number of nitrogens with zero attached hydrogens (tertiary/aromatic N) is 1. The minimum Gasteiger partial charge on any atom is -0.462 e. The van der Waals surface area contributed by atoms with Crippen molar-refractivity contribution in [1.29, 1.82) is 0 Å². The van der Waals surface area contributed by atoms with Crippen molar-refractivity contribution >= 4 is 11.7 Å². The molecule has 0 spiro atoms. The maximum Gasteiger partial charge on any atom is 0.326 e. The zero-order valence-corrected chi connectivity index (χ0v) is 10.4. The van der Waals surface area contributed by atoms with Gasteiger partial charge in [0.1, 0.15) is 13.2 Å². The molecule has 0 bridgehead atoms. The number of esters is 1. The van der Waals surface area contributed by atoms with Crippen LogP contribution in [0.25, 0.3) is 0 Å². The van der Waals surface area contributed by atoms with Crippen LogP contribution in [0.5, 0.6) is 0 Å². The molecule has 100 valence electrons. The predicted octanol–water partition coefficient (Wildman–Crippen LogP) is 0.400. The lowest BCUT2D eigenvalue weighted by Gasteiger charge is -2.07. The minimum absolute atomic E-state index is 0.141. The first-order chi connectivity index (χ1) is 8.63. The third-order valence-corrected chi connectivity index (χ3v) is 2.14. The standard InChI is InChI=1S/C12H18N2O4/c1-2-5-17-6-7-18-12(16)9-14-8-10(13)3-4-11(14)15/h3-4,8H,2,5-7,9,13H2,1H3. The first kappa shape index (κ1) is 14.2. The summed E-state index contributed by atoms with van der Waals surface area (Å²) in [6.07, 6.45) is 2.34. The molecule has 2 N–H and O–H groups in total. The molecule has 0 unspecified atom stereocenters. The van der Waals surface area contributed by atoms with Gasteiger partial charge in [-0.15, -0.1) is 0 Å². The number of nitrogens with two attached hydrogens (primary N) is 1. The lowest BCUT2D eigenvalue weighted by atomic mass is 10.4. The Morgan fingerprint density at radius 2 is 2.11 bits per heavy atom. The highest BCUT2D eigenvalue weighted by molar-refractivity contribution is 5.69. The average molecular weight is 254 g/mol. The van der Waals surface area contributed by atoms with E-state index in [2.05, 4.69) is 0 Å². The van der Waals surface area contributed by atoms with Crippen molar-refractivity contribution in [2.75, 3.05) is 25.6 Å². The van der Waals surface area contributed by atoms with Gasteiger partial charge in [-0.1, -0.05) is 6.92 Å². The van der Waals surface area contributed by atoms with E-state index in [1.807, 2.05) is 6.92 Å². The zero-order chi connectivity index (χ0) is 13.4. The van der Waals surface area contributed by atoms with E-state index in [0.717, 1.165) is 6.42 Å². The van der Waals surface area contributed by atoms with Gasteiger partial charge in [0.15, 0.2) is 0 Å². The van der Waals surface area contributed by atoms with Crippen LogP contribution in [0.15, 0.2) is 23.1 Å². The molecule has 1 aromatic heterocycles.